The van der Waals surface area contributed by atoms with E-state index >= 15 is 0 Å². The minimum absolute atomic E-state index is 0. The standard InChI is InChI=1S/C7H6O2.C2H2O4.2Na/c8-7(9)6-4-2-1-3-5-6;3-1(4)2(5)6;;/h1-5H,(H,8,9);(H,3,4)(H,5,6);;/q;;2*+1/p-2. The summed E-state index contributed by atoms with van der Waals surface area (Å²) in [7, 11) is 0. The first kappa shape index (κ1) is 21.9. The van der Waals surface area contributed by atoms with E-state index in [1.54, 1.807) is 30.3 Å². The van der Waals surface area contributed by atoms with Gasteiger partial charge in [-0.15, -0.1) is 0 Å². The van der Waals surface area contributed by atoms with E-state index in [9.17, 15) is 4.79 Å². The Hall–Kier alpha value is -0.370. The second-order valence-corrected chi connectivity index (χ2v) is 2.25. The first-order valence-corrected chi connectivity index (χ1v) is 3.65. The summed E-state index contributed by atoms with van der Waals surface area (Å²) < 4.78 is 0. The van der Waals surface area contributed by atoms with Crippen LogP contribution in [0.3, 0.4) is 0 Å². The number of aromatic carboxylic acids is 1. The van der Waals surface area contributed by atoms with Gasteiger partial charge in [0.25, 0.3) is 0 Å². The van der Waals surface area contributed by atoms with Crippen LogP contribution < -0.4 is 69.3 Å². The molecule has 1 N–H and O–H groups in total. The van der Waals surface area contributed by atoms with E-state index in [4.69, 9.17) is 24.9 Å². The van der Waals surface area contributed by atoms with Crippen LogP contribution in [0.2, 0.25) is 0 Å². The number of hydrogen-bond donors (Lipinski definition) is 1. The third kappa shape index (κ3) is 11.9. The molecular weight excluding hydrogens is 250 g/mol. The molecule has 0 radical (unpaired) electrons. The molecule has 0 saturated carbocycles. The van der Waals surface area contributed by atoms with Gasteiger partial charge in [-0.2, -0.15) is 0 Å². The van der Waals surface area contributed by atoms with Gasteiger partial charge in [-0.05, 0) is 12.1 Å². The van der Waals surface area contributed by atoms with Crippen LogP contribution in [-0.2, 0) is 9.59 Å². The second-order valence-electron chi connectivity index (χ2n) is 2.25. The van der Waals surface area contributed by atoms with Gasteiger partial charge < -0.3 is 24.9 Å². The summed E-state index contributed by atoms with van der Waals surface area (Å²) in [4.78, 5) is 28.1. The Morgan fingerprint density at radius 2 is 1.24 bits per heavy atom. The van der Waals surface area contributed by atoms with Crippen molar-refractivity contribution in [3.05, 3.63) is 35.9 Å². The van der Waals surface area contributed by atoms with Crippen LogP contribution in [-0.4, -0.2) is 23.0 Å². The molecule has 0 amide bonds. The Labute approximate surface area is 141 Å². The molecule has 0 aliphatic carbocycles. The maximum absolute atomic E-state index is 10.2. The number of hydrogen-bond acceptors (Lipinski definition) is 5. The van der Waals surface area contributed by atoms with E-state index < -0.39 is 17.9 Å². The fourth-order valence-electron chi connectivity index (χ4n) is 0.581. The van der Waals surface area contributed by atoms with Crippen molar-refractivity contribution in [3.63, 3.8) is 0 Å². The summed E-state index contributed by atoms with van der Waals surface area (Å²) in [5.74, 6) is -5.25. The third-order valence-electron chi connectivity index (χ3n) is 1.19. The summed E-state index contributed by atoms with van der Waals surface area (Å²) in [6, 6.07) is 8.30. The summed E-state index contributed by atoms with van der Waals surface area (Å²) in [6.07, 6.45) is 0. The molecule has 0 aromatic heterocycles. The Balaban J connectivity index is -0.000000221. The Morgan fingerprint density at radius 1 is 0.882 bits per heavy atom. The molecule has 0 aliphatic heterocycles. The molecule has 17 heavy (non-hydrogen) atoms. The van der Waals surface area contributed by atoms with Crippen LogP contribution >= 0.6 is 0 Å². The molecule has 0 spiro atoms. The molecule has 0 unspecified atom stereocenters. The van der Waals surface area contributed by atoms with Gasteiger partial charge >= 0.3 is 65.1 Å². The van der Waals surface area contributed by atoms with Crippen molar-refractivity contribution in [2.45, 2.75) is 0 Å². The molecule has 0 heterocycles. The molecular formula is C9H6Na2O6. The molecule has 80 valence electrons. The monoisotopic (exact) mass is 256 g/mol. The van der Waals surface area contributed by atoms with Gasteiger partial charge in [-0.3, -0.25) is 0 Å². The number of aliphatic carboxylic acids is 2. The van der Waals surface area contributed by atoms with Crippen molar-refractivity contribution in [1.29, 1.82) is 0 Å². The molecule has 0 bridgehead atoms. The van der Waals surface area contributed by atoms with Crippen LogP contribution in [0.1, 0.15) is 10.4 Å². The molecule has 1 aromatic rings. The molecule has 0 saturated heterocycles. The van der Waals surface area contributed by atoms with Crippen molar-refractivity contribution in [2.24, 2.45) is 0 Å². The third-order valence-corrected chi connectivity index (χ3v) is 1.19. The summed E-state index contributed by atoms with van der Waals surface area (Å²) in [6.45, 7) is 0. The van der Waals surface area contributed by atoms with Gasteiger partial charge in [0, 0.05) is 0 Å². The van der Waals surface area contributed by atoms with Crippen LogP contribution in [0.4, 0.5) is 0 Å². The molecule has 1 rings (SSSR count). The minimum atomic E-state index is -2.19. The van der Waals surface area contributed by atoms with E-state index in [1.807, 2.05) is 0 Å². The normalized spacial score (nSPS) is 7.29. The van der Waals surface area contributed by atoms with Gasteiger partial charge in [0.05, 0.1) is 17.5 Å². The average molecular weight is 256 g/mol. The van der Waals surface area contributed by atoms with E-state index in [0.29, 0.717) is 5.56 Å². The molecule has 8 heteroatoms. The van der Waals surface area contributed by atoms with Crippen LogP contribution in [0.15, 0.2) is 30.3 Å². The first-order valence-electron chi connectivity index (χ1n) is 3.65. The van der Waals surface area contributed by atoms with Gasteiger partial charge in [0.2, 0.25) is 0 Å². The zero-order valence-corrected chi connectivity index (χ0v) is 13.4. The van der Waals surface area contributed by atoms with Crippen molar-refractivity contribution in [2.75, 3.05) is 0 Å². The van der Waals surface area contributed by atoms with Crippen LogP contribution in [0, 0.1) is 0 Å². The summed E-state index contributed by atoms with van der Waals surface area (Å²) in [5.41, 5.74) is 0.331. The summed E-state index contributed by atoms with van der Waals surface area (Å²) in [5, 5.41) is 26.2. The van der Waals surface area contributed by atoms with Crippen molar-refractivity contribution >= 4 is 17.9 Å². The smallest absolute Gasteiger partial charge is 0.543 e. The summed E-state index contributed by atoms with van der Waals surface area (Å²) >= 11 is 0. The Bertz CT molecular complexity index is 353. The largest absolute Gasteiger partial charge is 1.00 e. The number of carbonyl (C=O) groups excluding carboxylic acids is 2. The molecule has 0 aliphatic rings. The van der Waals surface area contributed by atoms with Gasteiger partial charge in [-0.1, -0.05) is 18.2 Å². The molecule has 0 atom stereocenters. The van der Waals surface area contributed by atoms with Gasteiger partial charge in [0.1, 0.15) is 0 Å². The minimum Gasteiger partial charge on any atom is -0.543 e. The second kappa shape index (κ2) is 12.1. The first-order chi connectivity index (χ1) is 6.95. The number of benzene rings is 1. The van der Waals surface area contributed by atoms with Crippen LogP contribution in [0.25, 0.3) is 0 Å². The zero-order chi connectivity index (χ0) is 11.8. The van der Waals surface area contributed by atoms with E-state index in [1.165, 1.54) is 0 Å². The van der Waals surface area contributed by atoms with Crippen LogP contribution in [0.5, 0.6) is 0 Å². The number of rotatable bonds is 1. The molecule has 1 aromatic carbocycles. The SMILES string of the molecule is O=C(O)c1ccccc1.O=C([O-])C(=O)[O-].[Na+].[Na+]. The number of carbonyl (C=O) groups is 3. The topological polar surface area (TPSA) is 118 Å². The van der Waals surface area contributed by atoms with Gasteiger partial charge in [0.15, 0.2) is 0 Å². The molecule has 6 nitrogen and oxygen atoms in total. The van der Waals surface area contributed by atoms with E-state index in [-0.39, 0.29) is 59.1 Å². The Kier molecular flexibility index (Phi) is 15.6. The predicted octanol–water partition coefficient (Wildman–Crippen LogP) is -8.12. The van der Waals surface area contributed by atoms with E-state index in [0.717, 1.165) is 0 Å². The fraction of sp³-hybridized carbons (Fsp3) is 0. The molecule has 0 fully saturated rings. The number of carboxylic acid groups (broad SMARTS) is 3. The number of carboxylic acids is 3. The quantitative estimate of drug-likeness (QED) is 0.394. The maximum atomic E-state index is 10.2. The fourth-order valence-corrected chi connectivity index (χ4v) is 0.581. The maximum Gasteiger partial charge on any atom is 1.00 e. The average Bonchev–Trinajstić information content (AvgIpc) is 2.20. The van der Waals surface area contributed by atoms with E-state index in [2.05, 4.69) is 0 Å². The zero-order valence-electron chi connectivity index (χ0n) is 9.38. The Morgan fingerprint density at radius 3 is 1.41 bits per heavy atom. The van der Waals surface area contributed by atoms with Crippen molar-refractivity contribution < 1.29 is 88.8 Å². The van der Waals surface area contributed by atoms with Crippen molar-refractivity contribution in [3.8, 4) is 0 Å². The van der Waals surface area contributed by atoms with Gasteiger partial charge in [-0.25, -0.2) is 4.79 Å². The van der Waals surface area contributed by atoms with Crippen molar-refractivity contribution in [1.82, 2.24) is 0 Å². The predicted molar refractivity (Wildman–Crippen MR) is 43.4 cm³/mol.